The number of amides is 1. The van der Waals surface area contributed by atoms with Gasteiger partial charge in [0.2, 0.25) is 12.0 Å². The van der Waals surface area contributed by atoms with Crippen LogP contribution in [-0.2, 0) is 15.1 Å². The zero-order valence-corrected chi connectivity index (χ0v) is 10.6. The molecule has 0 aromatic heterocycles. The second-order valence-corrected chi connectivity index (χ2v) is 5.08. The Morgan fingerprint density at radius 1 is 1.37 bits per heavy atom. The van der Waals surface area contributed by atoms with Crippen LogP contribution in [0.25, 0.3) is 0 Å². The molecule has 1 aromatic rings. The summed E-state index contributed by atoms with van der Waals surface area (Å²) >= 11 is 0. The van der Waals surface area contributed by atoms with Gasteiger partial charge in [-0.2, -0.15) is 4.99 Å². The third kappa shape index (κ3) is 2.02. The molecular weight excluding hydrogens is 242 g/mol. The summed E-state index contributed by atoms with van der Waals surface area (Å²) in [5.41, 5.74) is 4.38. The van der Waals surface area contributed by atoms with Gasteiger partial charge in [-0.1, -0.05) is 12.1 Å². The summed E-state index contributed by atoms with van der Waals surface area (Å²) in [6.07, 6.45) is 5.07. The Balaban J connectivity index is 1.91. The molecule has 1 aromatic carbocycles. The van der Waals surface area contributed by atoms with Gasteiger partial charge in [0.05, 0.1) is 11.2 Å². The average Bonchev–Trinajstić information content (AvgIpc) is 2.81. The summed E-state index contributed by atoms with van der Waals surface area (Å²) in [4.78, 5) is 25.9. The lowest BCUT2D eigenvalue weighted by atomic mass is 9.72. The second kappa shape index (κ2) is 4.52. The lowest BCUT2D eigenvalue weighted by molar-refractivity contribution is -0.119. The van der Waals surface area contributed by atoms with Crippen molar-refractivity contribution in [1.82, 2.24) is 5.43 Å². The molecule has 3 rings (SSSR count). The Hall–Kier alpha value is -2.13. The molecule has 1 aliphatic heterocycles. The number of carbonyl (C=O) groups excluding carboxylic acids is 2. The number of benzene rings is 1. The summed E-state index contributed by atoms with van der Waals surface area (Å²) in [6.45, 7) is 0.673. The fourth-order valence-electron chi connectivity index (χ4n) is 2.70. The molecule has 1 saturated heterocycles. The quantitative estimate of drug-likeness (QED) is 0.661. The monoisotopic (exact) mass is 257 g/mol. The molecule has 1 saturated carbocycles. The van der Waals surface area contributed by atoms with E-state index in [0.717, 1.165) is 30.5 Å². The molecular formula is C14H15N3O2. The molecule has 5 heteroatoms. The van der Waals surface area contributed by atoms with Gasteiger partial charge in [-0.3, -0.25) is 15.2 Å². The predicted octanol–water partition coefficient (Wildman–Crippen LogP) is 1.64. The molecule has 98 valence electrons. The second-order valence-electron chi connectivity index (χ2n) is 5.08. The SMILES string of the molecule is O=C=NC1(c2cccc(N3CCC(=O)N3)c2)CCC1. The molecule has 1 heterocycles. The number of hydrogen-bond donors (Lipinski definition) is 1. The number of hydrazine groups is 1. The Kier molecular flexibility index (Phi) is 2.84. The molecule has 0 unspecified atom stereocenters. The van der Waals surface area contributed by atoms with Gasteiger partial charge in [0.15, 0.2) is 0 Å². The third-order valence-electron chi connectivity index (χ3n) is 3.96. The van der Waals surface area contributed by atoms with Crippen LogP contribution in [0.2, 0.25) is 0 Å². The number of nitrogens with zero attached hydrogens (tertiary/aromatic N) is 2. The van der Waals surface area contributed by atoms with E-state index in [1.54, 1.807) is 6.08 Å². The molecule has 0 bridgehead atoms. The van der Waals surface area contributed by atoms with E-state index in [1.165, 1.54) is 0 Å². The summed E-state index contributed by atoms with van der Waals surface area (Å²) in [5, 5.41) is 1.84. The number of aliphatic imine (C=N–C) groups is 1. The third-order valence-corrected chi connectivity index (χ3v) is 3.96. The number of carbonyl (C=O) groups is 1. The maximum Gasteiger partial charge on any atom is 0.240 e. The van der Waals surface area contributed by atoms with E-state index in [2.05, 4.69) is 10.4 Å². The summed E-state index contributed by atoms with van der Waals surface area (Å²) < 4.78 is 0. The van der Waals surface area contributed by atoms with Crippen LogP contribution >= 0.6 is 0 Å². The van der Waals surface area contributed by atoms with E-state index in [1.807, 2.05) is 29.3 Å². The Bertz CT molecular complexity index is 560. The molecule has 0 atom stereocenters. The van der Waals surface area contributed by atoms with Crippen molar-refractivity contribution < 1.29 is 9.59 Å². The van der Waals surface area contributed by atoms with Crippen molar-refractivity contribution in [2.45, 2.75) is 31.2 Å². The minimum absolute atomic E-state index is 0.0367. The van der Waals surface area contributed by atoms with E-state index in [-0.39, 0.29) is 11.4 Å². The minimum Gasteiger partial charge on any atom is -0.285 e. The van der Waals surface area contributed by atoms with Crippen molar-refractivity contribution in [1.29, 1.82) is 0 Å². The lowest BCUT2D eigenvalue weighted by Crippen LogP contribution is -2.34. The van der Waals surface area contributed by atoms with Crippen molar-refractivity contribution in [3.05, 3.63) is 29.8 Å². The predicted molar refractivity (Wildman–Crippen MR) is 70.2 cm³/mol. The summed E-state index contributed by atoms with van der Waals surface area (Å²) in [7, 11) is 0. The topological polar surface area (TPSA) is 61.8 Å². The van der Waals surface area contributed by atoms with Gasteiger partial charge in [0.1, 0.15) is 0 Å². The van der Waals surface area contributed by atoms with Gasteiger partial charge in [0, 0.05) is 13.0 Å². The standard InChI is InChI=1S/C14H15N3O2/c18-10-15-14(6-2-7-14)11-3-1-4-12(9-11)17-8-5-13(19)16-17/h1,3-4,9H,2,5-8H2,(H,16,19). The number of hydrogen-bond acceptors (Lipinski definition) is 4. The fraction of sp³-hybridized carbons (Fsp3) is 0.429. The molecule has 0 radical (unpaired) electrons. The van der Waals surface area contributed by atoms with E-state index in [9.17, 15) is 9.59 Å². The lowest BCUT2D eigenvalue weighted by Gasteiger charge is -2.37. The Labute approximate surface area is 111 Å². The van der Waals surface area contributed by atoms with Crippen LogP contribution in [0.5, 0.6) is 0 Å². The van der Waals surface area contributed by atoms with E-state index in [4.69, 9.17) is 0 Å². The first-order chi connectivity index (χ1) is 9.23. The molecule has 2 aliphatic rings. The van der Waals surface area contributed by atoms with Crippen molar-refractivity contribution in [2.24, 2.45) is 4.99 Å². The largest absolute Gasteiger partial charge is 0.285 e. The fourth-order valence-corrected chi connectivity index (χ4v) is 2.70. The van der Waals surface area contributed by atoms with Crippen LogP contribution in [0.3, 0.4) is 0 Å². The highest BCUT2D eigenvalue weighted by Crippen LogP contribution is 2.45. The van der Waals surface area contributed by atoms with E-state index >= 15 is 0 Å². The molecule has 2 fully saturated rings. The number of nitrogens with one attached hydrogen (secondary N) is 1. The maximum atomic E-state index is 11.3. The maximum absolute atomic E-state index is 11.3. The van der Waals surface area contributed by atoms with Gasteiger partial charge >= 0.3 is 0 Å². The smallest absolute Gasteiger partial charge is 0.240 e. The zero-order chi connectivity index (χ0) is 13.3. The molecule has 5 nitrogen and oxygen atoms in total. The van der Waals surface area contributed by atoms with Crippen LogP contribution in [0.4, 0.5) is 5.69 Å². The van der Waals surface area contributed by atoms with Crippen molar-refractivity contribution in [3.63, 3.8) is 0 Å². The highest BCUT2D eigenvalue weighted by atomic mass is 16.2. The van der Waals surface area contributed by atoms with Crippen LogP contribution in [0.15, 0.2) is 29.3 Å². The first kappa shape index (κ1) is 11.9. The molecule has 1 aliphatic carbocycles. The highest BCUT2D eigenvalue weighted by Gasteiger charge is 2.39. The first-order valence-electron chi connectivity index (χ1n) is 6.50. The van der Waals surface area contributed by atoms with Crippen LogP contribution in [0, 0.1) is 0 Å². The van der Waals surface area contributed by atoms with Crippen LogP contribution in [0.1, 0.15) is 31.2 Å². The van der Waals surface area contributed by atoms with E-state index in [0.29, 0.717) is 13.0 Å². The molecule has 0 spiro atoms. The molecule has 1 amide bonds. The minimum atomic E-state index is -0.387. The average molecular weight is 257 g/mol. The normalized spacial score (nSPS) is 20.4. The highest BCUT2D eigenvalue weighted by molar-refractivity contribution is 5.81. The van der Waals surface area contributed by atoms with Gasteiger partial charge in [-0.25, -0.2) is 4.79 Å². The summed E-state index contributed by atoms with van der Waals surface area (Å²) in [5.74, 6) is 0.0367. The number of isocyanates is 1. The van der Waals surface area contributed by atoms with Gasteiger partial charge in [-0.15, -0.1) is 0 Å². The number of rotatable bonds is 3. The molecule has 1 N–H and O–H groups in total. The summed E-state index contributed by atoms with van der Waals surface area (Å²) in [6, 6.07) is 7.88. The zero-order valence-electron chi connectivity index (χ0n) is 10.6. The van der Waals surface area contributed by atoms with Gasteiger partial charge in [-0.05, 0) is 37.0 Å². The number of anilines is 1. The molecule has 19 heavy (non-hydrogen) atoms. The van der Waals surface area contributed by atoms with Crippen molar-refractivity contribution in [2.75, 3.05) is 11.6 Å². The van der Waals surface area contributed by atoms with Crippen molar-refractivity contribution in [3.8, 4) is 0 Å². The Morgan fingerprint density at radius 2 is 2.21 bits per heavy atom. The van der Waals surface area contributed by atoms with Gasteiger partial charge in [0.25, 0.3) is 0 Å². The van der Waals surface area contributed by atoms with Crippen molar-refractivity contribution >= 4 is 17.7 Å². The van der Waals surface area contributed by atoms with Crippen LogP contribution in [-0.4, -0.2) is 18.5 Å². The van der Waals surface area contributed by atoms with Gasteiger partial charge < -0.3 is 0 Å². The van der Waals surface area contributed by atoms with Crippen LogP contribution < -0.4 is 10.4 Å². The first-order valence-corrected chi connectivity index (χ1v) is 6.50. The Morgan fingerprint density at radius 3 is 2.79 bits per heavy atom. The van der Waals surface area contributed by atoms with E-state index < -0.39 is 0 Å².